The lowest BCUT2D eigenvalue weighted by Gasteiger charge is -2.43. The zero-order valence-electron chi connectivity index (χ0n) is 19.5. The molecule has 174 valence electrons. The first-order valence-electron chi connectivity index (χ1n) is 11.3. The Hall–Kier alpha value is -3.67. The minimum atomic E-state index is -1.00. The Kier molecular flexibility index (Phi) is 7.58. The minimum absolute atomic E-state index is 0.441. The number of carbonyl (C=O) groups excluding carboxylic acids is 1. The third kappa shape index (κ3) is 4.96. The second-order valence-corrected chi connectivity index (χ2v) is 8.10. The SMILES string of the molecule is COc1ccc(CCOC(c2ccccc2)(c2ccccc2C=O)N(C)Cc2ccco2)cc1. The minimum Gasteiger partial charge on any atom is -0.497 e. The van der Waals surface area contributed by atoms with E-state index in [1.165, 1.54) is 0 Å². The zero-order chi connectivity index (χ0) is 23.8. The van der Waals surface area contributed by atoms with Gasteiger partial charge in [-0.05, 0) is 43.3 Å². The average molecular weight is 456 g/mol. The Labute approximate surface area is 200 Å². The van der Waals surface area contributed by atoms with Crippen molar-refractivity contribution in [1.29, 1.82) is 0 Å². The van der Waals surface area contributed by atoms with Gasteiger partial charge in [0.1, 0.15) is 11.5 Å². The second kappa shape index (κ2) is 11.0. The van der Waals surface area contributed by atoms with Crippen LogP contribution in [0.5, 0.6) is 5.75 Å². The Morgan fingerprint density at radius 1 is 0.912 bits per heavy atom. The largest absolute Gasteiger partial charge is 0.497 e. The van der Waals surface area contributed by atoms with E-state index in [1.807, 2.05) is 98.0 Å². The first kappa shape index (κ1) is 23.5. The van der Waals surface area contributed by atoms with Crippen LogP contribution in [0.15, 0.2) is 102 Å². The van der Waals surface area contributed by atoms with Gasteiger partial charge >= 0.3 is 0 Å². The zero-order valence-corrected chi connectivity index (χ0v) is 19.5. The van der Waals surface area contributed by atoms with Gasteiger partial charge in [0, 0.05) is 16.7 Å². The van der Waals surface area contributed by atoms with Gasteiger partial charge in [-0.3, -0.25) is 9.69 Å². The summed E-state index contributed by atoms with van der Waals surface area (Å²) in [5.74, 6) is 1.63. The number of rotatable bonds is 11. The highest BCUT2D eigenvalue weighted by molar-refractivity contribution is 5.78. The molecule has 4 rings (SSSR count). The van der Waals surface area contributed by atoms with Crippen LogP contribution in [0.25, 0.3) is 0 Å². The van der Waals surface area contributed by atoms with Crippen LogP contribution in [0.1, 0.15) is 32.8 Å². The molecule has 0 aliphatic heterocycles. The third-order valence-corrected chi connectivity index (χ3v) is 5.99. The van der Waals surface area contributed by atoms with Gasteiger partial charge in [0.25, 0.3) is 0 Å². The molecule has 5 nitrogen and oxygen atoms in total. The van der Waals surface area contributed by atoms with Gasteiger partial charge in [-0.15, -0.1) is 0 Å². The van der Waals surface area contributed by atoms with Gasteiger partial charge in [0.2, 0.25) is 0 Å². The molecule has 1 heterocycles. The summed E-state index contributed by atoms with van der Waals surface area (Å²) in [6.45, 7) is 0.939. The third-order valence-electron chi connectivity index (χ3n) is 5.99. The van der Waals surface area contributed by atoms with Gasteiger partial charge in [0.05, 0.1) is 26.5 Å². The predicted octanol–water partition coefficient (Wildman–Crippen LogP) is 5.69. The smallest absolute Gasteiger partial charge is 0.174 e. The highest BCUT2D eigenvalue weighted by Crippen LogP contribution is 2.39. The van der Waals surface area contributed by atoms with E-state index in [-0.39, 0.29) is 0 Å². The van der Waals surface area contributed by atoms with Crippen LogP contribution in [0.2, 0.25) is 0 Å². The average Bonchev–Trinajstić information content (AvgIpc) is 3.40. The number of carbonyl (C=O) groups is 1. The van der Waals surface area contributed by atoms with Crippen molar-refractivity contribution >= 4 is 6.29 Å². The summed E-state index contributed by atoms with van der Waals surface area (Å²) < 4.78 is 17.7. The van der Waals surface area contributed by atoms with Gasteiger partial charge < -0.3 is 13.9 Å². The molecule has 0 spiro atoms. The summed E-state index contributed by atoms with van der Waals surface area (Å²) in [6.07, 6.45) is 3.26. The Morgan fingerprint density at radius 2 is 1.65 bits per heavy atom. The number of furan rings is 1. The molecule has 3 aromatic carbocycles. The molecule has 0 saturated heterocycles. The number of nitrogens with zero attached hydrogens (tertiary/aromatic N) is 1. The maximum atomic E-state index is 12.1. The molecule has 34 heavy (non-hydrogen) atoms. The fraction of sp³-hybridized carbons (Fsp3) is 0.207. The quantitative estimate of drug-likeness (QED) is 0.215. The molecule has 1 aromatic heterocycles. The van der Waals surface area contributed by atoms with Crippen molar-refractivity contribution in [2.45, 2.75) is 18.7 Å². The molecular weight excluding hydrogens is 426 g/mol. The van der Waals surface area contributed by atoms with Crippen LogP contribution in [0.3, 0.4) is 0 Å². The van der Waals surface area contributed by atoms with Crippen molar-refractivity contribution in [3.63, 3.8) is 0 Å². The van der Waals surface area contributed by atoms with Crippen molar-refractivity contribution in [3.8, 4) is 5.75 Å². The molecule has 0 amide bonds. The number of methoxy groups -OCH3 is 1. The standard InChI is InChI=1S/C29H29NO4/c1-30(21-27-12-8-19-33-27)29(25-10-4-3-5-11-25,28-13-7-6-9-24(28)22-31)34-20-18-23-14-16-26(32-2)17-15-23/h3-17,19,22H,18,20-21H2,1-2H3. The summed E-state index contributed by atoms with van der Waals surface area (Å²) in [4.78, 5) is 14.2. The van der Waals surface area contributed by atoms with Gasteiger partial charge in [-0.1, -0.05) is 66.7 Å². The lowest BCUT2D eigenvalue weighted by molar-refractivity contribution is -0.129. The van der Waals surface area contributed by atoms with E-state index in [0.29, 0.717) is 25.1 Å². The highest BCUT2D eigenvalue weighted by atomic mass is 16.5. The Balaban J connectivity index is 1.75. The Morgan fingerprint density at radius 3 is 2.32 bits per heavy atom. The lowest BCUT2D eigenvalue weighted by atomic mass is 9.89. The molecule has 0 bridgehead atoms. The van der Waals surface area contributed by atoms with Crippen LogP contribution < -0.4 is 4.74 Å². The Bertz CT molecular complexity index is 1170. The molecule has 1 atom stereocenters. The van der Waals surface area contributed by atoms with E-state index in [4.69, 9.17) is 13.9 Å². The number of aldehydes is 1. The van der Waals surface area contributed by atoms with E-state index in [0.717, 1.165) is 34.5 Å². The normalized spacial score (nSPS) is 12.9. The molecule has 0 aliphatic carbocycles. The molecular formula is C29H29NO4. The van der Waals surface area contributed by atoms with E-state index < -0.39 is 5.72 Å². The van der Waals surface area contributed by atoms with E-state index in [2.05, 4.69) is 4.90 Å². The fourth-order valence-electron chi connectivity index (χ4n) is 4.28. The van der Waals surface area contributed by atoms with Crippen LogP contribution >= 0.6 is 0 Å². The van der Waals surface area contributed by atoms with Crippen LogP contribution in [0, 0.1) is 0 Å². The molecule has 1 unspecified atom stereocenters. The van der Waals surface area contributed by atoms with Crippen molar-refractivity contribution in [1.82, 2.24) is 4.90 Å². The summed E-state index contributed by atoms with van der Waals surface area (Å²) in [7, 11) is 3.65. The van der Waals surface area contributed by atoms with Gasteiger partial charge in [-0.25, -0.2) is 0 Å². The summed E-state index contributed by atoms with van der Waals surface area (Å²) in [6, 6.07) is 29.4. The molecule has 0 aliphatic rings. The first-order valence-corrected chi connectivity index (χ1v) is 11.3. The second-order valence-electron chi connectivity index (χ2n) is 8.10. The molecule has 0 fully saturated rings. The summed E-state index contributed by atoms with van der Waals surface area (Å²) in [5.41, 5.74) is 2.45. The number of ether oxygens (including phenoxy) is 2. The van der Waals surface area contributed by atoms with E-state index in [9.17, 15) is 4.79 Å². The lowest BCUT2D eigenvalue weighted by Crippen LogP contribution is -2.47. The van der Waals surface area contributed by atoms with Crippen molar-refractivity contribution < 1.29 is 18.7 Å². The number of benzene rings is 3. The van der Waals surface area contributed by atoms with Crippen molar-refractivity contribution in [2.75, 3.05) is 20.8 Å². The summed E-state index contributed by atoms with van der Waals surface area (Å²) >= 11 is 0. The van der Waals surface area contributed by atoms with Crippen LogP contribution in [-0.2, 0) is 23.4 Å². The summed E-state index contributed by atoms with van der Waals surface area (Å²) in [5, 5.41) is 0. The molecule has 0 saturated carbocycles. The molecule has 5 heteroatoms. The topological polar surface area (TPSA) is 51.9 Å². The molecule has 0 radical (unpaired) electrons. The van der Waals surface area contributed by atoms with Gasteiger partial charge in [0.15, 0.2) is 12.0 Å². The highest BCUT2D eigenvalue weighted by Gasteiger charge is 2.41. The van der Waals surface area contributed by atoms with E-state index in [1.54, 1.807) is 13.4 Å². The van der Waals surface area contributed by atoms with E-state index >= 15 is 0 Å². The van der Waals surface area contributed by atoms with Crippen LogP contribution in [0.4, 0.5) is 0 Å². The van der Waals surface area contributed by atoms with Crippen LogP contribution in [-0.4, -0.2) is 32.0 Å². The fourth-order valence-corrected chi connectivity index (χ4v) is 4.28. The monoisotopic (exact) mass is 455 g/mol. The molecule has 4 aromatic rings. The van der Waals surface area contributed by atoms with Gasteiger partial charge in [-0.2, -0.15) is 0 Å². The number of hydrogen-bond acceptors (Lipinski definition) is 5. The maximum absolute atomic E-state index is 12.1. The molecule has 0 N–H and O–H groups in total. The predicted molar refractivity (Wildman–Crippen MR) is 132 cm³/mol. The maximum Gasteiger partial charge on any atom is 0.174 e. The van der Waals surface area contributed by atoms with Crippen molar-refractivity contribution in [3.05, 3.63) is 125 Å². The van der Waals surface area contributed by atoms with Crippen molar-refractivity contribution in [2.24, 2.45) is 0 Å². The number of hydrogen-bond donors (Lipinski definition) is 0. The first-order chi connectivity index (χ1) is 16.7.